The summed E-state index contributed by atoms with van der Waals surface area (Å²) in [5.41, 5.74) is 3.93. The number of nitrogens with one attached hydrogen (secondary N) is 1. The van der Waals surface area contributed by atoms with Gasteiger partial charge in [-0.25, -0.2) is 0 Å². The zero-order valence-corrected chi connectivity index (χ0v) is 11.2. The molecule has 0 saturated carbocycles. The summed E-state index contributed by atoms with van der Waals surface area (Å²) in [6.07, 6.45) is 1.05. The first-order valence-electron chi connectivity index (χ1n) is 6.81. The van der Waals surface area contributed by atoms with E-state index in [1.165, 1.54) is 16.7 Å². The minimum absolute atomic E-state index is 0.398. The molecule has 0 saturated heterocycles. The largest absolute Gasteiger partial charge is 0.492 e. The smallest absolute Gasteiger partial charge is 0.122 e. The highest BCUT2D eigenvalue weighted by atomic mass is 16.5. The molecule has 3 rings (SSSR count). The molecule has 19 heavy (non-hydrogen) atoms. The van der Waals surface area contributed by atoms with Gasteiger partial charge in [-0.1, -0.05) is 48.0 Å². The Kier molecular flexibility index (Phi) is 3.51. The van der Waals surface area contributed by atoms with Gasteiger partial charge in [0, 0.05) is 12.6 Å². The Morgan fingerprint density at radius 1 is 1.16 bits per heavy atom. The molecule has 1 heterocycles. The lowest BCUT2D eigenvalue weighted by Gasteiger charge is -2.26. The lowest BCUT2D eigenvalue weighted by molar-refractivity contribution is 0.238. The first kappa shape index (κ1) is 12.2. The third kappa shape index (κ3) is 2.96. The van der Waals surface area contributed by atoms with Crippen molar-refractivity contribution in [1.29, 1.82) is 0 Å². The van der Waals surface area contributed by atoms with Crippen molar-refractivity contribution in [1.82, 2.24) is 5.32 Å². The van der Waals surface area contributed by atoms with Gasteiger partial charge in [-0.2, -0.15) is 0 Å². The number of rotatable bonds is 3. The van der Waals surface area contributed by atoms with Gasteiger partial charge in [-0.3, -0.25) is 0 Å². The molecule has 2 aromatic carbocycles. The molecule has 2 heteroatoms. The standard InChI is InChI=1S/C17H19NO/c1-13-7-8-17-15(9-13)10-16(12-19-17)18-11-14-5-3-2-4-6-14/h2-9,16,18H,10-12H2,1H3/t16-/m0/s1. The summed E-state index contributed by atoms with van der Waals surface area (Å²) in [5.74, 6) is 1.04. The summed E-state index contributed by atoms with van der Waals surface area (Å²) < 4.78 is 5.82. The van der Waals surface area contributed by atoms with Crippen LogP contribution in [-0.2, 0) is 13.0 Å². The third-order valence-corrected chi connectivity index (χ3v) is 3.56. The molecular weight excluding hydrogens is 234 g/mol. The van der Waals surface area contributed by atoms with Gasteiger partial charge >= 0.3 is 0 Å². The SMILES string of the molecule is Cc1ccc2c(c1)C[C@H](NCc1ccccc1)CO2. The van der Waals surface area contributed by atoms with E-state index < -0.39 is 0 Å². The first-order valence-corrected chi connectivity index (χ1v) is 6.81. The predicted molar refractivity (Wildman–Crippen MR) is 77.4 cm³/mol. The maximum absolute atomic E-state index is 5.82. The second-order valence-corrected chi connectivity index (χ2v) is 5.19. The highest BCUT2D eigenvalue weighted by molar-refractivity contribution is 5.38. The summed E-state index contributed by atoms with van der Waals surface area (Å²) in [5, 5.41) is 3.57. The van der Waals surface area contributed by atoms with Crippen LogP contribution >= 0.6 is 0 Å². The number of fused-ring (bicyclic) bond motifs is 1. The molecule has 1 aliphatic rings. The predicted octanol–water partition coefficient (Wildman–Crippen LogP) is 3.09. The van der Waals surface area contributed by atoms with Crippen molar-refractivity contribution < 1.29 is 4.74 Å². The molecule has 1 atom stereocenters. The van der Waals surface area contributed by atoms with Gasteiger partial charge in [0.25, 0.3) is 0 Å². The zero-order valence-electron chi connectivity index (χ0n) is 11.2. The van der Waals surface area contributed by atoms with Crippen LogP contribution in [0.2, 0.25) is 0 Å². The van der Waals surface area contributed by atoms with Gasteiger partial charge in [0.1, 0.15) is 12.4 Å². The quantitative estimate of drug-likeness (QED) is 0.907. The van der Waals surface area contributed by atoms with Crippen LogP contribution in [0.5, 0.6) is 5.75 Å². The van der Waals surface area contributed by atoms with Crippen molar-refractivity contribution in [2.45, 2.75) is 25.9 Å². The topological polar surface area (TPSA) is 21.3 Å². The normalized spacial score (nSPS) is 17.6. The molecule has 0 aromatic heterocycles. The lowest BCUT2D eigenvalue weighted by Crippen LogP contribution is -2.38. The fourth-order valence-electron chi connectivity index (χ4n) is 2.51. The van der Waals surface area contributed by atoms with Gasteiger partial charge in [-0.15, -0.1) is 0 Å². The maximum atomic E-state index is 5.82. The first-order chi connectivity index (χ1) is 9.31. The molecule has 98 valence electrons. The van der Waals surface area contributed by atoms with Gasteiger partial charge in [0.05, 0.1) is 0 Å². The molecule has 2 aromatic rings. The summed E-state index contributed by atoms with van der Waals surface area (Å²) in [7, 11) is 0. The number of hydrogen-bond donors (Lipinski definition) is 1. The van der Waals surface area contributed by atoms with Crippen LogP contribution in [0.3, 0.4) is 0 Å². The number of benzene rings is 2. The molecule has 2 nitrogen and oxygen atoms in total. The molecule has 0 radical (unpaired) electrons. The van der Waals surface area contributed by atoms with Crippen molar-refractivity contribution in [3.63, 3.8) is 0 Å². The van der Waals surface area contributed by atoms with E-state index in [1.807, 2.05) is 6.07 Å². The highest BCUT2D eigenvalue weighted by Crippen LogP contribution is 2.25. The third-order valence-electron chi connectivity index (χ3n) is 3.56. The van der Waals surface area contributed by atoms with E-state index in [4.69, 9.17) is 4.74 Å². The minimum atomic E-state index is 0.398. The van der Waals surface area contributed by atoms with Gasteiger partial charge in [-0.05, 0) is 30.5 Å². The second-order valence-electron chi connectivity index (χ2n) is 5.19. The van der Waals surface area contributed by atoms with Gasteiger partial charge in [0.2, 0.25) is 0 Å². The molecule has 0 unspecified atom stereocenters. The molecular formula is C17H19NO. The molecule has 0 amide bonds. The monoisotopic (exact) mass is 253 g/mol. The second kappa shape index (κ2) is 5.45. The van der Waals surface area contributed by atoms with Crippen LogP contribution in [0.15, 0.2) is 48.5 Å². The molecule has 0 fully saturated rings. The van der Waals surface area contributed by atoms with E-state index in [2.05, 4.69) is 54.7 Å². The van der Waals surface area contributed by atoms with Crippen molar-refractivity contribution in [2.24, 2.45) is 0 Å². The fourth-order valence-corrected chi connectivity index (χ4v) is 2.51. The van der Waals surface area contributed by atoms with Crippen molar-refractivity contribution in [2.75, 3.05) is 6.61 Å². The number of hydrogen-bond acceptors (Lipinski definition) is 2. The Labute approximate surface area is 114 Å². The van der Waals surface area contributed by atoms with E-state index in [0.717, 1.165) is 25.3 Å². The molecule has 0 spiro atoms. The molecule has 1 aliphatic heterocycles. The average Bonchev–Trinajstić information content (AvgIpc) is 2.46. The lowest BCUT2D eigenvalue weighted by atomic mass is 10.0. The Hall–Kier alpha value is -1.80. The van der Waals surface area contributed by atoms with E-state index in [1.54, 1.807) is 0 Å². The van der Waals surface area contributed by atoms with E-state index in [-0.39, 0.29) is 0 Å². The Morgan fingerprint density at radius 3 is 2.84 bits per heavy atom. The van der Waals surface area contributed by atoms with Crippen LogP contribution in [0.4, 0.5) is 0 Å². The fraction of sp³-hybridized carbons (Fsp3) is 0.294. The Morgan fingerprint density at radius 2 is 2.00 bits per heavy atom. The van der Waals surface area contributed by atoms with Crippen molar-refractivity contribution in [3.8, 4) is 5.75 Å². The minimum Gasteiger partial charge on any atom is -0.492 e. The van der Waals surface area contributed by atoms with Crippen LogP contribution in [-0.4, -0.2) is 12.6 Å². The summed E-state index contributed by atoms with van der Waals surface area (Å²) in [4.78, 5) is 0. The zero-order chi connectivity index (χ0) is 13.1. The Balaban J connectivity index is 1.62. The van der Waals surface area contributed by atoms with Crippen LogP contribution in [0.25, 0.3) is 0 Å². The molecule has 1 N–H and O–H groups in total. The summed E-state index contributed by atoms with van der Waals surface area (Å²) in [6, 6.07) is 17.3. The number of ether oxygens (including phenoxy) is 1. The average molecular weight is 253 g/mol. The van der Waals surface area contributed by atoms with Crippen LogP contribution < -0.4 is 10.1 Å². The van der Waals surface area contributed by atoms with E-state index in [0.29, 0.717) is 6.04 Å². The number of aryl methyl sites for hydroxylation is 1. The summed E-state index contributed by atoms with van der Waals surface area (Å²) in [6.45, 7) is 3.78. The summed E-state index contributed by atoms with van der Waals surface area (Å²) >= 11 is 0. The van der Waals surface area contributed by atoms with Gasteiger partial charge in [0.15, 0.2) is 0 Å². The maximum Gasteiger partial charge on any atom is 0.122 e. The van der Waals surface area contributed by atoms with Crippen LogP contribution in [0, 0.1) is 6.92 Å². The molecule has 0 aliphatic carbocycles. The van der Waals surface area contributed by atoms with Gasteiger partial charge < -0.3 is 10.1 Å². The van der Waals surface area contributed by atoms with Crippen molar-refractivity contribution in [3.05, 3.63) is 65.2 Å². The van der Waals surface area contributed by atoms with Crippen LogP contribution in [0.1, 0.15) is 16.7 Å². The van der Waals surface area contributed by atoms with E-state index >= 15 is 0 Å². The Bertz CT molecular complexity index is 550. The molecule has 0 bridgehead atoms. The highest BCUT2D eigenvalue weighted by Gasteiger charge is 2.19. The van der Waals surface area contributed by atoms with Crippen molar-refractivity contribution >= 4 is 0 Å². The van der Waals surface area contributed by atoms with E-state index in [9.17, 15) is 0 Å².